The van der Waals surface area contributed by atoms with Gasteiger partial charge in [0, 0.05) is 81.1 Å². The minimum Gasteiger partial charge on any atom is -0.512 e. The first-order valence-electron chi connectivity index (χ1n) is 45.0. The molecule has 9 heterocycles. The number of aliphatic imine (C=N–C) groups is 1. The maximum atomic E-state index is 9.59. The SMILES string of the molecule is C.C.C.CC(C)C.CC(C)C.CC(C)C.CC(C)C.CC(C)C.CC1=C(Cl)C2C=CNC2C=C1.CC1=C(Cl)C2C=NN(C(C)(C)C)C2C=C1.CC1=C(O)C2C=CNC2C=C1.CC1=CC2C=CN(C)C2C=C1.CC1=CC2N=CN(C(C)C)C2C=C1.CC1=CC2N=NN(C(C)C)C2C=C1.Cc1ccc2[nH]ccc2c1.Clc1cccc2[nH]ccc12.OC1=CC=CC2NC=CC12. The van der Waals surface area contributed by atoms with Crippen molar-refractivity contribution in [3.8, 4) is 0 Å². The molecule has 0 amide bonds. The summed E-state index contributed by atoms with van der Waals surface area (Å²) in [4.78, 5) is 15.3. The molecule has 18 heteroatoms. The number of aromatic nitrogens is 2. The number of fused-ring (bicyclic) bond motifs is 9. The second-order valence-electron chi connectivity index (χ2n) is 38.5. The largest absolute Gasteiger partial charge is 0.512 e. The molecule has 0 spiro atoms. The predicted octanol–water partition coefficient (Wildman–Crippen LogP) is 29.7. The van der Waals surface area contributed by atoms with Crippen molar-refractivity contribution in [3.63, 3.8) is 0 Å². The highest BCUT2D eigenvalue weighted by atomic mass is 35.5. The number of nitrogens with one attached hydrogen (secondary N) is 5. The molecular formula is C109H168Cl3N13O2. The van der Waals surface area contributed by atoms with Crippen LogP contribution in [0, 0.1) is 66.1 Å². The van der Waals surface area contributed by atoms with Crippen molar-refractivity contribution < 1.29 is 10.2 Å². The van der Waals surface area contributed by atoms with Crippen molar-refractivity contribution in [1.82, 2.24) is 45.7 Å². The van der Waals surface area contributed by atoms with Gasteiger partial charge in [-0.15, -0.1) is 0 Å². The van der Waals surface area contributed by atoms with Gasteiger partial charge in [-0.1, -0.05) is 328 Å². The molecule has 14 atom stereocenters. The Bertz CT molecular complexity index is 4500. The van der Waals surface area contributed by atoms with Gasteiger partial charge in [0.15, 0.2) is 0 Å². The topological polar surface area (TPSA) is 171 Å². The Balaban J connectivity index is 0.000000471. The third kappa shape index (κ3) is 37.8. The average Bonchev–Trinajstić information content (AvgIpc) is 1.64. The van der Waals surface area contributed by atoms with Gasteiger partial charge in [-0.05, 0) is 216 Å². The summed E-state index contributed by atoms with van der Waals surface area (Å²) >= 11 is 18.3. The summed E-state index contributed by atoms with van der Waals surface area (Å²) in [6.07, 6.45) is 62.3. The van der Waals surface area contributed by atoms with E-state index in [1.165, 1.54) is 38.8 Å². The standard InChI is InChI=1S/C12H17ClN2.C11H16N2.C10H15N3.C10H13N.C9H10ClN.C9H11NO.C9H9N.C8H6ClN.C8H9NO.5C4H10.3CH4/c1-8-5-6-10-9(11(8)13)7-14-15(10)12(2,3)4;1-8(2)13-7-12-10-6-9(3)4-5-11(10)13;1-7(2)13-10-5-4-8(3)6-9(10)11-12-13;1-8-3-4-10-9(7-8)5-6-11(10)2;1-6-2-3-8-7(9(6)10)4-5-11-8;1-6-2-3-8-7(9(6)11)4-5-10-8;1-7-2-3-9-8(6-7)4-5-10-9;9-7-2-1-3-8-6(7)4-5-10-8;10-8-3-1-2-7-6(8)4-5-9-7;5*1-4(2)3;;;/h5-7,9-10H,1-4H3;4-8,10-11H,1-3H3;4-7,9-10H,1-3H3;3-7,9-10H,1-2H3;2-5,7-8,11H,1H3;2-5,7-8,10-11H,1H3;2-6,10H,1H3;1-5,10H;1-7,9-10H;5*4H,1-3H3;3*1H4. The van der Waals surface area contributed by atoms with Crippen LogP contribution in [-0.2, 0) is 0 Å². The molecule has 7 N–H and O–H groups in total. The van der Waals surface area contributed by atoms with E-state index in [-0.39, 0.29) is 63.7 Å². The molecule has 14 aliphatic rings. The van der Waals surface area contributed by atoms with E-state index in [0.717, 1.165) is 66.7 Å². The fourth-order valence-electron chi connectivity index (χ4n) is 14.1. The number of rotatable bonds is 2. The number of hydrazone groups is 1. The zero-order chi connectivity index (χ0) is 92.4. The number of likely N-dealkylation sites (N-methyl/N-ethyl adjacent to an activating group) is 1. The molecule has 127 heavy (non-hydrogen) atoms. The van der Waals surface area contributed by atoms with Gasteiger partial charge < -0.3 is 45.9 Å². The van der Waals surface area contributed by atoms with E-state index in [9.17, 15) is 10.2 Å². The number of hydrogen-bond acceptors (Lipinski definition) is 13. The summed E-state index contributed by atoms with van der Waals surface area (Å²) < 4.78 is 0. The van der Waals surface area contributed by atoms with Gasteiger partial charge in [0.1, 0.15) is 17.6 Å². The Morgan fingerprint density at radius 1 is 0.465 bits per heavy atom. The van der Waals surface area contributed by atoms with Crippen LogP contribution in [0.2, 0.25) is 5.02 Å². The Morgan fingerprint density at radius 3 is 1.50 bits per heavy atom. The first-order valence-corrected chi connectivity index (χ1v) is 46.1. The van der Waals surface area contributed by atoms with Crippen LogP contribution in [0.15, 0.2) is 295 Å². The normalized spacial score (nSPS) is 24.6. The number of aliphatic hydroxyl groups excluding tert-OH is 2. The molecule has 18 rings (SSSR count). The summed E-state index contributed by atoms with van der Waals surface area (Å²) in [5, 5.41) is 50.5. The molecule has 7 aliphatic carbocycles. The number of allylic oxidation sites excluding steroid dienone is 14. The lowest BCUT2D eigenvalue weighted by Crippen LogP contribution is -2.44. The van der Waals surface area contributed by atoms with E-state index in [2.05, 4.69) is 381 Å². The summed E-state index contributed by atoms with van der Waals surface area (Å²) in [5.41, 5.74) is 11.0. The summed E-state index contributed by atoms with van der Waals surface area (Å²) in [5.74, 6) is 6.69. The Kier molecular flexibility index (Phi) is 50.5. The lowest BCUT2D eigenvalue weighted by Gasteiger charge is -2.37. The number of aryl methyl sites for hydroxylation is 1. The number of benzene rings is 2. The second kappa shape index (κ2) is 56.3. The maximum Gasteiger partial charge on any atom is 0.117 e. The third-order valence-corrected chi connectivity index (χ3v) is 21.5. The van der Waals surface area contributed by atoms with Gasteiger partial charge in [0.05, 0.1) is 78.0 Å². The Labute approximate surface area is 786 Å². The van der Waals surface area contributed by atoms with Crippen LogP contribution in [-0.4, -0.2) is 132 Å². The first-order chi connectivity index (χ1) is 58.4. The molecule has 7 aliphatic heterocycles. The monoisotopic (exact) mass is 1800 g/mol. The molecule has 702 valence electrons. The molecule has 4 aromatic rings. The predicted molar refractivity (Wildman–Crippen MR) is 560 cm³/mol. The molecule has 2 aromatic heterocycles. The quantitative estimate of drug-likeness (QED) is 0.103. The smallest absolute Gasteiger partial charge is 0.117 e. The van der Waals surface area contributed by atoms with Gasteiger partial charge in [0.25, 0.3) is 0 Å². The highest BCUT2D eigenvalue weighted by Crippen LogP contribution is 2.38. The number of halogens is 3. The van der Waals surface area contributed by atoms with E-state index in [1.54, 1.807) is 6.08 Å². The molecule has 0 saturated heterocycles. The highest BCUT2D eigenvalue weighted by molar-refractivity contribution is 6.35. The van der Waals surface area contributed by atoms with E-state index in [1.807, 2.05) is 119 Å². The van der Waals surface area contributed by atoms with Gasteiger partial charge >= 0.3 is 0 Å². The summed E-state index contributed by atoms with van der Waals surface area (Å²) in [6.45, 7) is 62.2. The van der Waals surface area contributed by atoms with Crippen LogP contribution in [0.25, 0.3) is 21.8 Å². The van der Waals surface area contributed by atoms with Crippen molar-refractivity contribution in [3.05, 3.63) is 285 Å². The molecule has 2 aromatic carbocycles. The third-order valence-electron chi connectivity index (χ3n) is 20.0. The minimum absolute atomic E-state index is 0. The zero-order valence-electron chi connectivity index (χ0n) is 80.7. The summed E-state index contributed by atoms with van der Waals surface area (Å²) in [7, 11) is 2.12. The van der Waals surface area contributed by atoms with Crippen LogP contribution in [0.4, 0.5) is 0 Å². The van der Waals surface area contributed by atoms with E-state index < -0.39 is 0 Å². The number of aliphatic hydroxyl groups is 2. The number of hydrogen-bond donors (Lipinski definition) is 7. The Hall–Kier alpha value is -9.15. The lowest BCUT2D eigenvalue weighted by atomic mass is 9.91. The van der Waals surface area contributed by atoms with Gasteiger partial charge in [-0.3, -0.25) is 15.0 Å². The van der Waals surface area contributed by atoms with Crippen molar-refractivity contribution in [2.75, 3.05) is 7.05 Å². The zero-order valence-corrected chi connectivity index (χ0v) is 82.9. The van der Waals surface area contributed by atoms with Crippen LogP contribution >= 0.6 is 34.8 Å². The number of aromatic amines is 2. The van der Waals surface area contributed by atoms with Crippen molar-refractivity contribution >= 4 is 69.2 Å². The van der Waals surface area contributed by atoms with Crippen molar-refractivity contribution in [2.45, 2.75) is 295 Å². The molecule has 0 radical (unpaired) electrons. The lowest BCUT2D eigenvalue weighted by molar-refractivity contribution is 0.116. The minimum atomic E-state index is 0. The maximum absolute atomic E-state index is 9.59. The van der Waals surface area contributed by atoms with Crippen molar-refractivity contribution in [2.24, 2.45) is 79.6 Å². The molecule has 0 bridgehead atoms. The molecule has 0 fully saturated rings. The molecule has 15 nitrogen and oxygen atoms in total. The van der Waals surface area contributed by atoms with Crippen LogP contribution in [0.5, 0.6) is 0 Å². The fourth-order valence-corrected chi connectivity index (χ4v) is 14.8. The first kappa shape index (κ1) is 114. The molecule has 14 unspecified atom stereocenters. The second-order valence-corrected chi connectivity index (χ2v) is 39.7. The van der Waals surface area contributed by atoms with E-state index in [4.69, 9.17) is 34.8 Å². The van der Waals surface area contributed by atoms with E-state index in [0.29, 0.717) is 71.7 Å². The van der Waals surface area contributed by atoms with Crippen molar-refractivity contribution in [1.29, 1.82) is 0 Å². The highest BCUT2D eigenvalue weighted by Gasteiger charge is 2.39. The van der Waals surface area contributed by atoms with Gasteiger partial charge in [0.2, 0.25) is 0 Å². The van der Waals surface area contributed by atoms with E-state index >= 15 is 0 Å². The molecule has 0 saturated carbocycles. The van der Waals surface area contributed by atoms with Gasteiger partial charge in [-0.2, -0.15) is 10.2 Å². The number of nitrogens with zero attached hydrogens (tertiary/aromatic N) is 8. The Morgan fingerprint density at radius 2 is 0.945 bits per heavy atom. The van der Waals surface area contributed by atoms with Crippen LogP contribution in [0.1, 0.15) is 222 Å². The summed E-state index contributed by atoms with van der Waals surface area (Å²) in [6, 6.07) is 20.5. The average molecular weight is 1800 g/mol. The van der Waals surface area contributed by atoms with Crippen LogP contribution in [0.3, 0.4) is 0 Å². The van der Waals surface area contributed by atoms with Gasteiger partial charge in [-0.25, -0.2) is 0 Å². The molecular weight excluding hydrogens is 1630 g/mol. The fraction of sp³-hybridized carbons (Fsp3) is 0.505. The number of H-pyrrole nitrogens is 2. The van der Waals surface area contributed by atoms with Crippen LogP contribution < -0.4 is 16.0 Å².